The van der Waals surface area contributed by atoms with Crippen LogP contribution in [0.3, 0.4) is 0 Å². The lowest BCUT2D eigenvalue weighted by molar-refractivity contribution is 0.562. The zero-order valence-electron chi connectivity index (χ0n) is 11.0. The number of rotatable bonds is 5. The largest absolute Gasteiger partial charge is 0.472 e. The lowest BCUT2D eigenvalue weighted by Crippen LogP contribution is -2.17. The first-order valence-corrected chi connectivity index (χ1v) is 6.48. The second kappa shape index (κ2) is 5.28. The van der Waals surface area contributed by atoms with E-state index in [4.69, 9.17) is 4.42 Å². The van der Waals surface area contributed by atoms with E-state index in [1.165, 1.54) is 16.8 Å². The smallest absolute Gasteiger partial charge is 0.139 e. The first-order valence-electron chi connectivity index (χ1n) is 6.48. The minimum atomic E-state index is 0.822. The molecule has 3 heterocycles. The van der Waals surface area contributed by atoms with Crippen molar-refractivity contribution < 1.29 is 4.42 Å². The van der Waals surface area contributed by atoms with Gasteiger partial charge in [0, 0.05) is 12.7 Å². The van der Waals surface area contributed by atoms with E-state index in [0.717, 1.165) is 25.2 Å². The predicted molar refractivity (Wildman–Crippen MR) is 74.0 cm³/mol. The Bertz CT molecular complexity index is 655. The Morgan fingerprint density at radius 1 is 1.37 bits per heavy atom. The zero-order valence-corrected chi connectivity index (χ0v) is 11.0. The summed E-state index contributed by atoms with van der Waals surface area (Å²) in [5.74, 6) is 0. The Hall–Kier alpha value is -2.07. The van der Waals surface area contributed by atoms with Crippen molar-refractivity contribution in [2.24, 2.45) is 0 Å². The molecule has 0 aromatic carbocycles. The molecule has 0 atom stereocenters. The number of imidazole rings is 1. The van der Waals surface area contributed by atoms with Crippen LogP contribution in [0.1, 0.15) is 16.8 Å². The number of fused-ring (bicyclic) bond motifs is 1. The molecule has 0 aliphatic rings. The summed E-state index contributed by atoms with van der Waals surface area (Å²) in [7, 11) is 0. The number of furan rings is 1. The summed E-state index contributed by atoms with van der Waals surface area (Å²) in [6.45, 7) is 3.83. The molecule has 3 aromatic rings. The molecule has 0 bridgehead atoms. The van der Waals surface area contributed by atoms with Crippen LogP contribution in [-0.4, -0.2) is 15.9 Å². The molecule has 4 heteroatoms. The van der Waals surface area contributed by atoms with Crippen LogP contribution in [0.4, 0.5) is 0 Å². The van der Waals surface area contributed by atoms with Gasteiger partial charge in [-0.25, -0.2) is 4.98 Å². The fourth-order valence-electron chi connectivity index (χ4n) is 2.22. The number of nitrogens with one attached hydrogen (secondary N) is 1. The quantitative estimate of drug-likeness (QED) is 0.712. The fourth-order valence-corrected chi connectivity index (χ4v) is 2.22. The van der Waals surface area contributed by atoms with E-state index >= 15 is 0 Å². The van der Waals surface area contributed by atoms with Gasteiger partial charge < -0.3 is 14.1 Å². The van der Waals surface area contributed by atoms with Crippen LogP contribution in [0.5, 0.6) is 0 Å². The van der Waals surface area contributed by atoms with E-state index in [1.54, 1.807) is 12.5 Å². The molecular weight excluding hydrogens is 238 g/mol. The lowest BCUT2D eigenvalue weighted by atomic mass is 10.2. The summed E-state index contributed by atoms with van der Waals surface area (Å²) >= 11 is 0. The maximum atomic E-state index is 5.05. The molecular formula is C15H17N3O. The van der Waals surface area contributed by atoms with Crippen LogP contribution in [-0.2, 0) is 13.0 Å². The second-order valence-corrected chi connectivity index (χ2v) is 4.69. The van der Waals surface area contributed by atoms with E-state index in [2.05, 4.69) is 40.0 Å². The normalized spacial score (nSPS) is 11.2. The van der Waals surface area contributed by atoms with Crippen molar-refractivity contribution in [3.63, 3.8) is 0 Å². The Kier molecular flexibility index (Phi) is 3.33. The molecule has 0 saturated carbocycles. The van der Waals surface area contributed by atoms with Gasteiger partial charge in [0.15, 0.2) is 0 Å². The molecule has 0 fully saturated rings. The fraction of sp³-hybridized carbons (Fsp3) is 0.267. The summed E-state index contributed by atoms with van der Waals surface area (Å²) < 4.78 is 7.19. The SMILES string of the molecule is Cc1cccn2c(CNCCc3ccoc3)cnc12. The molecule has 0 spiro atoms. The summed E-state index contributed by atoms with van der Waals surface area (Å²) in [6, 6.07) is 6.14. The van der Waals surface area contributed by atoms with E-state index in [0.29, 0.717) is 0 Å². The molecule has 1 N–H and O–H groups in total. The molecule has 0 saturated heterocycles. The Morgan fingerprint density at radius 2 is 2.32 bits per heavy atom. The Labute approximate surface area is 112 Å². The second-order valence-electron chi connectivity index (χ2n) is 4.69. The van der Waals surface area contributed by atoms with Crippen LogP contribution >= 0.6 is 0 Å². The first kappa shape index (κ1) is 12.0. The zero-order chi connectivity index (χ0) is 13.1. The van der Waals surface area contributed by atoms with Gasteiger partial charge in [-0.2, -0.15) is 0 Å². The first-order chi connectivity index (χ1) is 9.34. The number of nitrogens with zero attached hydrogens (tertiary/aromatic N) is 2. The van der Waals surface area contributed by atoms with Crippen LogP contribution in [0.25, 0.3) is 5.65 Å². The molecule has 98 valence electrons. The summed E-state index contributed by atoms with van der Waals surface area (Å²) in [4.78, 5) is 4.45. The van der Waals surface area contributed by atoms with Crippen molar-refractivity contribution in [2.45, 2.75) is 19.9 Å². The molecule has 0 aliphatic heterocycles. The molecule has 4 nitrogen and oxygen atoms in total. The predicted octanol–water partition coefficient (Wildman–Crippen LogP) is 2.57. The third-order valence-electron chi connectivity index (χ3n) is 3.28. The Morgan fingerprint density at radius 3 is 3.16 bits per heavy atom. The molecule has 3 rings (SSSR count). The van der Waals surface area contributed by atoms with Crippen LogP contribution in [0.2, 0.25) is 0 Å². The van der Waals surface area contributed by atoms with Gasteiger partial charge >= 0.3 is 0 Å². The summed E-state index contributed by atoms with van der Waals surface area (Å²) in [5.41, 5.74) is 4.65. The van der Waals surface area contributed by atoms with Gasteiger partial charge in [-0.05, 0) is 43.1 Å². The monoisotopic (exact) mass is 255 g/mol. The minimum Gasteiger partial charge on any atom is -0.472 e. The van der Waals surface area contributed by atoms with Crippen molar-refractivity contribution in [1.82, 2.24) is 14.7 Å². The highest BCUT2D eigenvalue weighted by atomic mass is 16.3. The lowest BCUT2D eigenvalue weighted by Gasteiger charge is -2.04. The van der Waals surface area contributed by atoms with Gasteiger partial charge in [0.05, 0.1) is 24.4 Å². The van der Waals surface area contributed by atoms with Gasteiger partial charge in [0.2, 0.25) is 0 Å². The van der Waals surface area contributed by atoms with Crippen molar-refractivity contribution in [2.75, 3.05) is 6.54 Å². The topological polar surface area (TPSA) is 42.5 Å². The molecule has 3 aromatic heterocycles. The highest BCUT2D eigenvalue weighted by Gasteiger charge is 2.04. The van der Waals surface area contributed by atoms with Gasteiger partial charge in [0.1, 0.15) is 5.65 Å². The van der Waals surface area contributed by atoms with Crippen molar-refractivity contribution in [3.05, 3.63) is 59.9 Å². The van der Waals surface area contributed by atoms with Gasteiger partial charge in [0.25, 0.3) is 0 Å². The van der Waals surface area contributed by atoms with Crippen molar-refractivity contribution in [3.8, 4) is 0 Å². The number of hydrogen-bond donors (Lipinski definition) is 1. The van der Waals surface area contributed by atoms with E-state index < -0.39 is 0 Å². The van der Waals surface area contributed by atoms with Crippen molar-refractivity contribution in [1.29, 1.82) is 0 Å². The van der Waals surface area contributed by atoms with E-state index in [1.807, 2.05) is 12.3 Å². The minimum absolute atomic E-state index is 0.822. The number of aromatic nitrogens is 2. The standard InChI is InChI=1S/C15H17N3O/c1-12-3-2-7-18-14(10-17-15(12)18)9-16-6-4-13-5-8-19-11-13/h2-3,5,7-8,10-11,16H,4,6,9H2,1H3. The van der Waals surface area contributed by atoms with Gasteiger partial charge in [-0.3, -0.25) is 0 Å². The summed E-state index contributed by atoms with van der Waals surface area (Å²) in [6.07, 6.45) is 8.48. The van der Waals surface area contributed by atoms with Crippen LogP contribution in [0.15, 0.2) is 47.5 Å². The maximum absolute atomic E-state index is 5.05. The average molecular weight is 255 g/mol. The highest BCUT2D eigenvalue weighted by Crippen LogP contribution is 2.10. The highest BCUT2D eigenvalue weighted by molar-refractivity contribution is 5.48. The van der Waals surface area contributed by atoms with Crippen molar-refractivity contribution >= 4 is 5.65 Å². The number of hydrogen-bond acceptors (Lipinski definition) is 3. The summed E-state index contributed by atoms with van der Waals surface area (Å²) in [5, 5.41) is 3.44. The van der Waals surface area contributed by atoms with Gasteiger partial charge in [-0.1, -0.05) is 6.07 Å². The van der Waals surface area contributed by atoms with Crippen LogP contribution < -0.4 is 5.32 Å². The number of aryl methyl sites for hydroxylation is 1. The molecule has 0 radical (unpaired) electrons. The maximum Gasteiger partial charge on any atom is 0.139 e. The van der Waals surface area contributed by atoms with Crippen LogP contribution in [0, 0.1) is 6.92 Å². The molecule has 19 heavy (non-hydrogen) atoms. The molecule has 0 unspecified atom stereocenters. The Balaban J connectivity index is 1.61. The third kappa shape index (κ3) is 2.53. The van der Waals surface area contributed by atoms with E-state index in [-0.39, 0.29) is 0 Å². The average Bonchev–Trinajstić information content (AvgIpc) is 3.05. The van der Waals surface area contributed by atoms with Gasteiger partial charge in [-0.15, -0.1) is 0 Å². The molecule has 0 amide bonds. The number of pyridine rings is 1. The molecule has 0 aliphatic carbocycles. The third-order valence-corrected chi connectivity index (χ3v) is 3.28. The van der Waals surface area contributed by atoms with E-state index in [9.17, 15) is 0 Å².